The van der Waals surface area contributed by atoms with E-state index in [1.54, 1.807) is 18.2 Å². The molecule has 2 heterocycles. The van der Waals surface area contributed by atoms with Gasteiger partial charge in [0.2, 0.25) is 5.95 Å². The molecule has 0 bridgehead atoms. The molecule has 0 radical (unpaired) electrons. The molecule has 7 nitrogen and oxygen atoms in total. The summed E-state index contributed by atoms with van der Waals surface area (Å²) in [5, 5.41) is 8.02. The average Bonchev–Trinajstić information content (AvgIpc) is 3.04. The number of hydrogen-bond acceptors (Lipinski definition) is 7. The Balaban J connectivity index is 0.00000271. The van der Waals surface area contributed by atoms with Crippen LogP contribution in [0.25, 0.3) is 33.7 Å². The standard InChI is InChI=1S/C33H42FN6OPS.C2H6/c1-6-39(7-2)19-10-17-36-33-37-30(26-21-24(14-13-22(26)4)23(5)35-18-20-43-8-3)25-15-16-29(41)40(32(25)38-33)31-27(34)11-9-12-28(31)42;1-2/h9,11-16,21,35H,5-8,10,17-20,42H2,1-4H3,(H,36,37,38);1-2H3. The number of fused-ring (bicyclic) bond motifs is 1. The van der Waals surface area contributed by atoms with E-state index < -0.39 is 5.82 Å². The van der Waals surface area contributed by atoms with Crippen LogP contribution >= 0.6 is 21.0 Å². The summed E-state index contributed by atoms with van der Waals surface area (Å²) in [4.78, 5) is 25.5. The van der Waals surface area contributed by atoms with Gasteiger partial charge in [-0.3, -0.25) is 9.36 Å². The predicted molar refractivity (Wildman–Crippen MR) is 197 cm³/mol. The second-order valence-electron chi connectivity index (χ2n) is 10.3. The van der Waals surface area contributed by atoms with Crippen LogP contribution in [0, 0.1) is 12.7 Å². The average molecular weight is 651 g/mol. The van der Waals surface area contributed by atoms with E-state index in [0.29, 0.717) is 34.5 Å². The van der Waals surface area contributed by atoms with Gasteiger partial charge in [-0.1, -0.05) is 65.5 Å². The van der Waals surface area contributed by atoms with Crippen LogP contribution in [-0.2, 0) is 0 Å². The van der Waals surface area contributed by atoms with Gasteiger partial charge in [-0.05, 0) is 73.4 Å². The second kappa shape index (κ2) is 18.0. The molecule has 10 heteroatoms. The first-order chi connectivity index (χ1) is 21.8. The molecule has 45 heavy (non-hydrogen) atoms. The number of nitrogens with zero attached hydrogens (tertiary/aromatic N) is 4. The fourth-order valence-electron chi connectivity index (χ4n) is 5.01. The normalized spacial score (nSPS) is 11.0. The zero-order chi connectivity index (χ0) is 32.9. The van der Waals surface area contributed by atoms with Crippen molar-refractivity contribution in [3.05, 3.63) is 82.4 Å². The van der Waals surface area contributed by atoms with Crippen molar-refractivity contribution in [3.63, 3.8) is 0 Å². The van der Waals surface area contributed by atoms with Crippen molar-refractivity contribution >= 4 is 49.0 Å². The maximum atomic E-state index is 15.3. The third kappa shape index (κ3) is 9.15. The van der Waals surface area contributed by atoms with E-state index in [4.69, 9.17) is 9.97 Å². The van der Waals surface area contributed by atoms with Crippen molar-refractivity contribution in [1.29, 1.82) is 0 Å². The Hall–Kier alpha value is -3.26. The number of nitrogens with one attached hydrogen (secondary N) is 2. The third-order valence-corrected chi connectivity index (χ3v) is 8.82. The summed E-state index contributed by atoms with van der Waals surface area (Å²) >= 11 is 1.88. The van der Waals surface area contributed by atoms with Gasteiger partial charge in [0.25, 0.3) is 5.56 Å². The van der Waals surface area contributed by atoms with Gasteiger partial charge >= 0.3 is 0 Å². The minimum atomic E-state index is -0.502. The van der Waals surface area contributed by atoms with Crippen LogP contribution in [0.5, 0.6) is 0 Å². The van der Waals surface area contributed by atoms with Gasteiger partial charge in [0.15, 0.2) is 5.65 Å². The number of hydrogen-bond donors (Lipinski definition) is 2. The Kier molecular flexibility index (Phi) is 14.5. The lowest BCUT2D eigenvalue weighted by Gasteiger charge is -2.19. The topological polar surface area (TPSA) is 75.1 Å². The number of aromatic nitrogens is 3. The number of anilines is 1. The first-order valence-corrected chi connectivity index (χ1v) is 17.6. The highest BCUT2D eigenvalue weighted by Gasteiger charge is 2.20. The van der Waals surface area contributed by atoms with Gasteiger partial charge in [-0.25, -0.2) is 9.37 Å². The maximum absolute atomic E-state index is 15.3. The lowest BCUT2D eigenvalue weighted by atomic mass is 9.98. The van der Waals surface area contributed by atoms with E-state index in [-0.39, 0.29) is 11.2 Å². The van der Waals surface area contributed by atoms with Crippen LogP contribution in [0.1, 0.15) is 52.2 Å². The number of pyridine rings is 1. The molecule has 0 aliphatic rings. The minimum Gasteiger partial charge on any atom is -0.384 e. The van der Waals surface area contributed by atoms with Gasteiger partial charge < -0.3 is 15.5 Å². The fraction of sp³-hybridized carbons (Fsp3) is 0.400. The molecule has 0 aliphatic carbocycles. The summed E-state index contributed by atoms with van der Waals surface area (Å²) in [5.41, 5.74) is 4.50. The Morgan fingerprint density at radius 2 is 1.82 bits per heavy atom. The van der Waals surface area contributed by atoms with E-state index in [1.807, 2.05) is 38.6 Å². The van der Waals surface area contributed by atoms with Crippen molar-refractivity contribution in [1.82, 2.24) is 24.8 Å². The van der Waals surface area contributed by atoms with E-state index in [9.17, 15) is 4.79 Å². The zero-order valence-corrected chi connectivity index (χ0v) is 29.5. The fourth-order valence-corrected chi connectivity index (χ4v) is 5.92. The third-order valence-electron chi connectivity index (χ3n) is 7.45. The van der Waals surface area contributed by atoms with E-state index in [1.165, 1.54) is 16.7 Å². The number of aryl methyl sites for hydroxylation is 1. The highest BCUT2D eigenvalue weighted by Crippen LogP contribution is 2.32. The first-order valence-electron chi connectivity index (χ1n) is 15.8. The van der Waals surface area contributed by atoms with Crippen molar-refractivity contribution in [2.45, 2.75) is 48.0 Å². The molecule has 2 aromatic heterocycles. The largest absolute Gasteiger partial charge is 0.384 e. The zero-order valence-electron chi connectivity index (χ0n) is 27.5. The van der Waals surface area contributed by atoms with Crippen molar-refractivity contribution < 1.29 is 4.39 Å². The molecule has 1 unspecified atom stereocenters. The van der Waals surface area contributed by atoms with Crippen molar-refractivity contribution in [2.75, 3.05) is 49.5 Å². The van der Waals surface area contributed by atoms with Gasteiger partial charge in [-0.15, -0.1) is 9.24 Å². The van der Waals surface area contributed by atoms with E-state index in [0.717, 1.165) is 66.5 Å². The van der Waals surface area contributed by atoms with Gasteiger partial charge in [0.1, 0.15) is 5.82 Å². The molecule has 0 aliphatic heterocycles. The number of rotatable bonds is 15. The molecule has 242 valence electrons. The van der Waals surface area contributed by atoms with Crippen LogP contribution in [0.15, 0.2) is 59.9 Å². The van der Waals surface area contributed by atoms with Crippen LogP contribution in [0.3, 0.4) is 0 Å². The molecule has 0 fully saturated rings. The molecule has 2 N–H and O–H groups in total. The van der Waals surface area contributed by atoms with E-state index in [2.05, 4.69) is 64.3 Å². The highest BCUT2D eigenvalue weighted by atomic mass is 32.2. The first kappa shape index (κ1) is 36.2. The molecule has 1 atom stereocenters. The number of benzene rings is 2. The molecule has 0 saturated carbocycles. The van der Waals surface area contributed by atoms with E-state index >= 15 is 4.39 Å². The minimum absolute atomic E-state index is 0.160. The molecule has 4 aromatic rings. The molecular weight excluding hydrogens is 602 g/mol. The maximum Gasteiger partial charge on any atom is 0.256 e. The summed E-state index contributed by atoms with van der Waals surface area (Å²) < 4.78 is 16.6. The molecular formula is C35H48FN6OPS. The predicted octanol–water partition coefficient (Wildman–Crippen LogP) is 6.88. The summed E-state index contributed by atoms with van der Waals surface area (Å²) in [6.07, 6.45) is 0.902. The second-order valence-corrected chi connectivity index (χ2v) is 12.3. The van der Waals surface area contributed by atoms with Crippen LogP contribution in [0.4, 0.5) is 10.3 Å². The smallest absolute Gasteiger partial charge is 0.256 e. The van der Waals surface area contributed by atoms with Crippen LogP contribution < -0.4 is 21.5 Å². The lowest BCUT2D eigenvalue weighted by molar-refractivity contribution is 0.303. The molecule has 0 saturated heterocycles. The SMILES string of the molecule is C=C(NCCSCC)c1ccc(C)c(-c2nc(NCCCN(CC)CC)nc3c2ccc(=O)n3-c2c(F)cccc2P)c1.CC. The van der Waals surface area contributed by atoms with Gasteiger partial charge in [-0.2, -0.15) is 16.7 Å². The van der Waals surface area contributed by atoms with Crippen LogP contribution in [-0.4, -0.2) is 63.7 Å². The summed E-state index contributed by atoms with van der Waals surface area (Å²) in [6, 6.07) is 14.1. The highest BCUT2D eigenvalue weighted by molar-refractivity contribution is 7.99. The van der Waals surface area contributed by atoms with Gasteiger partial charge in [0.05, 0.1) is 11.4 Å². The quantitative estimate of drug-likeness (QED) is 0.107. The lowest BCUT2D eigenvalue weighted by Crippen LogP contribution is -2.26. The Morgan fingerprint density at radius 1 is 1.07 bits per heavy atom. The molecule has 4 rings (SSSR count). The molecule has 0 amide bonds. The summed E-state index contributed by atoms with van der Waals surface area (Å²) in [7, 11) is 2.53. The molecule has 0 spiro atoms. The van der Waals surface area contributed by atoms with Gasteiger partial charge in [0, 0.05) is 41.6 Å². The number of halogens is 1. The summed E-state index contributed by atoms with van der Waals surface area (Å²) in [6.45, 7) is 21.2. The Labute approximate surface area is 274 Å². The summed E-state index contributed by atoms with van der Waals surface area (Å²) in [5.74, 6) is 1.96. The monoisotopic (exact) mass is 650 g/mol. The molecule has 2 aromatic carbocycles. The van der Waals surface area contributed by atoms with Crippen LogP contribution in [0.2, 0.25) is 0 Å². The number of thioether (sulfide) groups is 1. The number of para-hydroxylation sites is 1. The Bertz CT molecular complexity index is 1620. The van der Waals surface area contributed by atoms with Crippen molar-refractivity contribution in [3.8, 4) is 16.9 Å². The Morgan fingerprint density at radius 3 is 2.51 bits per heavy atom. The van der Waals surface area contributed by atoms with Crippen molar-refractivity contribution in [2.24, 2.45) is 0 Å².